The molecule has 1 unspecified atom stereocenters. The molecule has 0 bridgehead atoms. The fourth-order valence-electron chi connectivity index (χ4n) is 1.32. The van der Waals surface area contributed by atoms with E-state index in [4.69, 9.17) is 9.52 Å². The Bertz CT molecular complexity index is 465. The van der Waals surface area contributed by atoms with Crippen molar-refractivity contribution >= 4 is 16.3 Å². The Hall–Kier alpha value is -1.18. The molecule has 0 aliphatic carbocycles. The minimum Gasteiger partial charge on any atom is -0.440 e. The van der Waals surface area contributed by atoms with E-state index in [0.29, 0.717) is 19.1 Å². The molecule has 0 amide bonds. The monoisotopic (exact) mass is 261 g/mol. The van der Waals surface area contributed by atoms with Crippen molar-refractivity contribution in [2.24, 2.45) is 0 Å². The summed E-state index contributed by atoms with van der Waals surface area (Å²) in [4.78, 5) is 10.4. The van der Waals surface area contributed by atoms with Gasteiger partial charge in [-0.1, -0.05) is 6.92 Å². The number of carbonyl (C=O) groups is 1. The molecule has 0 aliphatic heterocycles. The maximum Gasteiger partial charge on any atom is 0.274 e. The molecule has 2 N–H and O–H groups in total. The lowest BCUT2D eigenvalue weighted by molar-refractivity contribution is 0.109. The second kappa shape index (κ2) is 5.95. The maximum absolute atomic E-state index is 11.8. The van der Waals surface area contributed by atoms with Crippen molar-refractivity contribution in [3.8, 4) is 0 Å². The van der Waals surface area contributed by atoms with Crippen LogP contribution in [0.15, 0.2) is 21.6 Å². The van der Waals surface area contributed by atoms with Crippen molar-refractivity contribution in [1.82, 2.24) is 4.72 Å². The first-order valence-corrected chi connectivity index (χ1v) is 6.70. The molecule has 7 heteroatoms. The normalized spacial score (nSPS) is 13.5. The van der Waals surface area contributed by atoms with Gasteiger partial charge in [0.15, 0.2) is 12.0 Å². The molecule has 0 fully saturated rings. The summed E-state index contributed by atoms with van der Waals surface area (Å²) in [6, 6.07) is 2.15. The van der Waals surface area contributed by atoms with Crippen molar-refractivity contribution < 1.29 is 22.7 Å². The van der Waals surface area contributed by atoms with Crippen molar-refractivity contribution in [2.45, 2.75) is 30.9 Å². The Morgan fingerprint density at radius 3 is 2.71 bits per heavy atom. The molecule has 96 valence electrons. The van der Waals surface area contributed by atoms with Gasteiger partial charge in [-0.05, 0) is 25.0 Å². The number of furan rings is 1. The third-order valence-electron chi connectivity index (χ3n) is 2.28. The van der Waals surface area contributed by atoms with Gasteiger partial charge >= 0.3 is 0 Å². The minimum absolute atomic E-state index is 0.0411. The predicted molar refractivity (Wildman–Crippen MR) is 60.2 cm³/mol. The summed E-state index contributed by atoms with van der Waals surface area (Å²) in [5.41, 5.74) is 0. The van der Waals surface area contributed by atoms with Gasteiger partial charge in [0.05, 0.1) is 0 Å². The van der Waals surface area contributed by atoms with E-state index < -0.39 is 10.0 Å². The van der Waals surface area contributed by atoms with Crippen LogP contribution in [0.3, 0.4) is 0 Å². The Balaban J connectivity index is 2.83. The Kier molecular flexibility index (Phi) is 4.86. The number of hydrogen-bond acceptors (Lipinski definition) is 5. The van der Waals surface area contributed by atoms with Crippen LogP contribution >= 0.6 is 0 Å². The highest BCUT2D eigenvalue weighted by molar-refractivity contribution is 7.89. The molecule has 0 radical (unpaired) electrons. The van der Waals surface area contributed by atoms with Gasteiger partial charge in [-0.25, -0.2) is 13.1 Å². The van der Waals surface area contributed by atoms with Crippen LogP contribution in [0.25, 0.3) is 0 Å². The van der Waals surface area contributed by atoms with E-state index in [-0.39, 0.29) is 23.5 Å². The molecular weight excluding hydrogens is 246 g/mol. The van der Waals surface area contributed by atoms with Crippen LogP contribution in [0, 0.1) is 0 Å². The minimum atomic E-state index is -3.77. The maximum atomic E-state index is 11.8. The lowest BCUT2D eigenvalue weighted by Gasteiger charge is -2.14. The van der Waals surface area contributed by atoms with E-state index in [0.717, 1.165) is 0 Å². The average molecular weight is 261 g/mol. The number of nitrogens with one attached hydrogen (secondary N) is 1. The van der Waals surface area contributed by atoms with Crippen LogP contribution in [0.1, 0.15) is 30.3 Å². The lowest BCUT2D eigenvalue weighted by atomic mass is 10.2. The zero-order valence-corrected chi connectivity index (χ0v) is 10.2. The summed E-state index contributed by atoms with van der Waals surface area (Å²) in [6.45, 7) is 1.71. The quantitative estimate of drug-likeness (QED) is 0.698. The standard InChI is InChI=1S/C10H15NO5S/c1-2-8(5-6-12)11-17(14,15)10-4-3-9(7-13)16-10/h3-4,7-8,11-12H,2,5-6H2,1H3. The Labute approximate surface area is 99.7 Å². The van der Waals surface area contributed by atoms with Crippen LogP contribution in [0.2, 0.25) is 0 Å². The molecule has 0 aromatic carbocycles. The molecule has 0 aliphatic rings. The molecular formula is C10H15NO5S. The first kappa shape index (κ1) is 13.9. The Morgan fingerprint density at radius 2 is 2.24 bits per heavy atom. The molecule has 6 nitrogen and oxygen atoms in total. The zero-order valence-electron chi connectivity index (χ0n) is 9.42. The number of hydrogen-bond donors (Lipinski definition) is 2. The van der Waals surface area contributed by atoms with Crippen LogP contribution in [-0.2, 0) is 10.0 Å². The highest BCUT2D eigenvalue weighted by atomic mass is 32.2. The number of carbonyl (C=O) groups excluding carboxylic acids is 1. The molecule has 1 rings (SSSR count). The molecule has 0 saturated heterocycles. The fraction of sp³-hybridized carbons (Fsp3) is 0.500. The van der Waals surface area contributed by atoms with Gasteiger partial charge in [-0.15, -0.1) is 0 Å². The predicted octanol–water partition coefficient (Wildman–Crippen LogP) is 0.531. The number of aliphatic hydroxyl groups is 1. The van der Waals surface area contributed by atoms with Crippen LogP contribution in [-0.4, -0.2) is 32.5 Å². The second-order valence-corrected chi connectivity index (χ2v) is 5.16. The summed E-state index contributed by atoms with van der Waals surface area (Å²) in [5, 5.41) is 8.48. The summed E-state index contributed by atoms with van der Waals surface area (Å²) < 4.78 is 30.8. The van der Waals surface area contributed by atoms with Crippen LogP contribution in [0.5, 0.6) is 0 Å². The number of rotatable bonds is 7. The van der Waals surface area contributed by atoms with Gasteiger partial charge in [0.2, 0.25) is 5.09 Å². The highest BCUT2D eigenvalue weighted by Gasteiger charge is 2.22. The second-order valence-electron chi connectivity index (χ2n) is 3.51. The third kappa shape index (κ3) is 3.65. The SMILES string of the molecule is CCC(CCO)NS(=O)(=O)c1ccc(C=O)o1. The summed E-state index contributed by atoms with van der Waals surface area (Å²) >= 11 is 0. The van der Waals surface area contributed by atoms with E-state index in [1.54, 1.807) is 0 Å². The van der Waals surface area contributed by atoms with E-state index in [9.17, 15) is 13.2 Å². The third-order valence-corrected chi connectivity index (χ3v) is 3.67. The summed E-state index contributed by atoms with van der Waals surface area (Å²) in [5.74, 6) is -0.0411. The fourth-order valence-corrected chi connectivity index (χ4v) is 2.61. The van der Waals surface area contributed by atoms with E-state index in [1.165, 1.54) is 12.1 Å². The van der Waals surface area contributed by atoms with Gasteiger partial charge in [0.25, 0.3) is 10.0 Å². The number of sulfonamides is 1. The largest absolute Gasteiger partial charge is 0.440 e. The van der Waals surface area contributed by atoms with Crippen molar-refractivity contribution in [3.05, 3.63) is 17.9 Å². The van der Waals surface area contributed by atoms with Crippen LogP contribution < -0.4 is 4.72 Å². The van der Waals surface area contributed by atoms with Crippen LogP contribution in [0.4, 0.5) is 0 Å². The Morgan fingerprint density at radius 1 is 1.53 bits per heavy atom. The first-order chi connectivity index (χ1) is 8.03. The first-order valence-electron chi connectivity index (χ1n) is 5.21. The molecule has 1 heterocycles. The molecule has 0 spiro atoms. The average Bonchev–Trinajstić information content (AvgIpc) is 2.77. The highest BCUT2D eigenvalue weighted by Crippen LogP contribution is 2.13. The topological polar surface area (TPSA) is 96.6 Å². The van der Waals surface area contributed by atoms with Gasteiger partial charge in [-0.2, -0.15) is 0 Å². The molecule has 1 atom stereocenters. The zero-order chi connectivity index (χ0) is 12.9. The molecule has 1 aromatic heterocycles. The summed E-state index contributed by atoms with van der Waals surface area (Å²) in [6.07, 6.45) is 1.32. The smallest absolute Gasteiger partial charge is 0.274 e. The van der Waals surface area contributed by atoms with E-state index >= 15 is 0 Å². The number of aliphatic hydroxyl groups excluding tert-OH is 1. The molecule has 1 aromatic rings. The van der Waals surface area contributed by atoms with E-state index in [2.05, 4.69) is 4.72 Å². The van der Waals surface area contributed by atoms with Crippen molar-refractivity contribution in [3.63, 3.8) is 0 Å². The van der Waals surface area contributed by atoms with Gasteiger partial charge in [0, 0.05) is 12.6 Å². The van der Waals surface area contributed by atoms with Gasteiger partial charge < -0.3 is 9.52 Å². The number of aldehydes is 1. The van der Waals surface area contributed by atoms with Crippen molar-refractivity contribution in [1.29, 1.82) is 0 Å². The summed E-state index contributed by atoms with van der Waals surface area (Å²) in [7, 11) is -3.77. The van der Waals surface area contributed by atoms with Gasteiger partial charge in [-0.3, -0.25) is 4.79 Å². The van der Waals surface area contributed by atoms with Crippen molar-refractivity contribution in [2.75, 3.05) is 6.61 Å². The molecule has 0 saturated carbocycles. The molecule has 17 heavy (non-hydrogen) atoms. The van der Waals surface area contributed by atoms with E-state index in [1.807, 2.05) is 6.92 Å². The lowest BCUT2D eigenvalue weighted by Crippen LogP contribution is -2.34. The van der Waals surface area contributed by atoms with Gasteiger partial charge in [0.1, 0.15) is 0 Å².